The Morgan fingerprint density at radius 2 is 1.84 bits per heavy atom. The number of ether oxygens (including phenoxy) is 2. The van der Waals surface area contributed by atoms with Gasteiger partial charge in [0.25, 0.3) is 0 Å². The SMILES string of the molecule is CCNCCCOc1cc(OC)cc2c(S(=O)(=O)c3cccc4ccccc34)[nH]nc12.Cl. The molecule has 0 atom stereocenters. The molecule has 4 rings (SSSR count). The van der Waals surface area contributed by atoms with E-state index < -0.39 is 9.84 Å². The van der Waals surface area contributed by atoms with Gasteiger partial charge in [-0.3, -0.25) is 5.10 Å². The first-order chi connectivity index (χ1) is 15.1. The number of hydrogen-bond acceptors (Lipinski definition) is 6. The second-order valence-corrected chi connectivity index (χ2v) is 8.97. The average molecular weight is 476 g/mol. The van der Waals surface area contributed by atoms with Gasteiger partial charge in [0.15, 0.2) is 10.8 Å². The van der Waals surface area contributed by atoms with Gasteiger partial charge in [0.2, 0.25) is 9.84 Å². The van der Waals surface area contributed by atoms with Crippen molar-refractivity contribution >= 4 is 43.9 Å². The Labute approximate surface area is 193 Å². The number of sulfone groups is 1. The quantitative estimate of drug-likeness (QED) is 0.349. The topological polar surface area (TPSA) is 93.3 Å². The number of H-pyrrole nitrogens is 1. The maximum atomic E-state index is 13.6. The van der Waals surface area contributed by atoms with E-state index in [1.165, 1.54) is 7.11 Å². The predicted octanol–water partition coefficient (Wildman–Crippen LogP) is 4.36. The van der Waals surface area contributed by atoms with E-state index >= 15 is 0 Å². The van der Waals surface area contributed by atoms with E-state index in [1.807, 2.05) is 31.2 Å². The Kier molecular flexibility index (Phi) is 7.60. The summed E-state index contributed by atoms with van der Waals surface area (Å²) in [7, 11) is -2.33. The zero-order valence-corrected chi connectivity index (χ0v) is 19.6. The smallest absolute Gasteiger partial charge is 0.224 e. The van der Waals surface area contributed by atoms with Crippen molar-refractivity contribution in [3.63, 3.8) is 0 Å². The number of nitrogens with zero attached hydrogens (tertiary/aromatic N) is 1. The molecule has 2 N–H and O–H groups in total. The van der Waals surface area contributed by atoms with E-state index in [4.69, 9.17) is 9.47 Å². The lowest BCUT2D eigenvalue weighted by molar-refractivity contribution is 0.309. The lowest BCUT2D eigenvalue weighted by Crippen LogP contribution is -2.16. The minimum atomic E-state index is -3.86. The Bertz CT molecular complexity index is 1320. The van der Waals surface area contributed by atoms with E-state index in [0.29, 0.717) is 34.4 Å². The number of aromatic nitrogens is 2. The lowest BCUT2D eigenvalue weighted by atomic mass is 10.1. The number of hydrogen-bond donors (Lipinski definition) is 2. The minimum Gasteiger partial charge on any atom is -0.497 e. The average Bonchev–Trinajstić information content (AvgIpc) is 3.23. The molecular formula is C23H26ClN3O4S. The van der Waals surface area contributed by atoms with Gasteiger partial charge in [0.1, 0.15) is 11.3 Å². The standard InChI is InChI=1S/C23H25N3O4S.ClH/c1-3-24-12-7-13-30-20-15-17(29-2)14-19-22(20)25-26-23(19)31(27,28)21-11-6-9-16-8-4-5-10-18(16)21;/h4-6,8-11,14-15,24H,3,7,12-13H2,1-2H3,(H,25,26);1H. The first-order valence-electron chi connectivity index (χ1n) is 10.2. The number of fused-ring (bicyclic) bond motifs is 2. The number of halogens is 1. The molecule has 0 fully saturated rings. The molecule has 0 aliphatic carbocycles. The van der Waals surface area contributed by atoms with Crippen molar-refractivity contribution in [2.24, 2.45) is 0 Å². The summed E-state index contributed by atoms with van der Waals surface area (Å²) in [6.07, 6.45) is 0.818. The highest BCUT2D eigenvalue weighted by molar-refractivity contribution is 7.91. The van der Waals surface area contributed by atoms with Gasteiger partial charge in [0.05, 0.1) is 18.6 Å². The maximum Gasteiger partial charge on any atom is 0.224 e. The minimum absolute atomic E-state index is 0. The van der Waals surface area contributed by atoms with Crippen molar-refractivity contribution in [3.8, 4) is 11.5 Å². The van der Waals surface area contributed by atoms with Gasteiger partial charge in [-0.25, -0.2) is 8.42 Å². The summed E-state index contributed by atoms with van der Waals surface area (Å²) in [5.74, 6) is 0.992. The van der Waals surface area contributed by atoms with Crippen LogP contribution in [0.4, 0.5) is 0 Å². The van der Waals surface area contributed by atoms with Crippen molar-refractivity contribution < 1.29 is 17.9 Å². The molecule has 0 aliphatic heterocycles. The molecule has 0 bridgehead atoms. The molecule has 0 saturated heterocycles. The molecule has 170 valence electrons. The van der Waals surface area contributed by atoms with E-state index in [1.54, 1.807) is 30.3 Å². The number of aromatic amines is 1. The van der Waals surface area contributed by atoms with Crippen molar-refractivity contribution in [1.82, 2.24) is 15.5 Å². The number of rotatable bonds is 9. The highest BCUT2D eigenvalue weighted by atomic mass is 35.5. The predicted molar refractivity (Wildman–Crippen MR) is 128 cm³/mol. The van der Waals surface area contributed by atoms with Gasteiger partial charge < -0.3 is 14.8 Å². The van der Waals surface area contributed by atoms with Crippen LogP contribution in [0.5, 0.6) is 11.5 Å². The second-order valence-electron chi connectivity index (χ2n) is 7.11. The summed E-state index contributed by atoms with van der Waals surface area (Å²) in [5.41, 5.74) is 0.461. The Balaban J connectivity index is 0.00000289. The molecule has 0 unspecified atom stereocenters. The van der Waals surface area contributed by atoms with Crippen LogP contribution in [0.1, 0.15) is 13.3 Å². The Morgan fingerprint density at radius 3 is 2.62 bits per heavy atom. The Hall–Kier alpha value is -2.81. The molecular weight excluding hydrogens is 450 g/mol. The van der Waals surface area contributed by atoms with Crippen molar-refractivity contribution in [2.75, 3.05) is 26.8 Å². The summed E-state index contributed by atoms with van der Waals surface area (Å²) in [4.78, 5) is 0.229. The second kappa shape index (κ2) is 10.2. The van der Waals surface area contributed by atoms with Gasteiger partial charge in [-0.1, -0.05) is 43.3 Å². The van der Waals surface area contributed by atoms with Crippen LogP contribution in [0, 0.1) is 0 Å². The molecule has 4 aromatic rings. The maximum absolute atomic E-state index is 13.6. The highest BCUT2D eigenvalue weighted by Crippen LogP contribution is 2.36. The van der Waals surface area contributed by atoms with Gasteiger partial charge in [-0.15, -0.1) is 12.4 Å². The van der Waals surface area contributed by atoms with Gasteiger partial charge >= 0.3 is 0 Å². The summed E-state index contributed by atoms with van der Waals surface area (Å²) in [6, 6.07) is 16.1. The van der Waals surface area contributed by atoms with Crippen molar-refractivity contribution in [1.29, 1.82) is 0 Å². The van der Waals surface area contributed by atoms with Crippen LogP contribution in [0.3, 0.4) is 0 Å². The molecule has 1 heterocycles. The molecule has 1 aromatic heterocycles. The van der Waals surface area contributed by atoms with E-state index in [9.17, 15) is 8.42 Å². The van der Waals surface area contributed by atoms with Crippen LogP contribution in [0.25, 0.3) is 21.7 Å². The number of nitrogens with one attached hydrogen (secondary N) is 2. The summed E-state index contributed by atoms with van der Waals surface area (Å²) in [6.45, 7) is 4.27. The fourth-order valence-corrected chi connectivity index (χ4v) is 5.13. The molecule has 32 heavy (non-hydrogen) atoms. The van der Waals surface area contributed by atoms with Crippen LogP contribution < -0.4 is 14.8 Å². The molecule has 9 heteroatoms. The van der Waals surface area contributed by atoms with Crippen LogP contribution in [0.15, 0.2) is 64.5 Å². The highest BCUT2D eigenvalue weighted by Gasteiger charge is 2.26. The van der Waals surface area contributed by atoms with Crippen LogP contribution in [-0.2, 0) is 9.84 Å². The van der Waals surface area contributed by atoms with E-state index in [2.05, 4.69) is 15.5 Å². The van der Waals surface area contributed by atoms with E-state index in [-0.39, 0.29) is 22.3 Å². The molecule has 0 amide bonds. The molecule has 3 aromatic carbocycles. The monoisotopic (exact) mass is 475 g/mol. The summed E-state index contributed by atoms with van der Waals surface area (Å²) >= 11 is 0. The third-order valence-corrected chi connectivity index (χ3v) is 6.90. The van der Waals surface area contributed by atoms with Crippen molar-refractivity contribution in [3.05, 3.63) is 54.6 Å². The zero-order chi connectivity index (χ0) is 21.8. The molecule has 0 spiro atoms. The van der Waals surface area contributed by atoms with Gasteiger partial charge in [-0.05, 0) is 37.0 Å². The first kappa shape index (κ1) is 23.8. The number of methoxy groups -OCH3 is 1. The fourth-order valence-electron chi connectivity index (χ4n) is 3.57. The zero-order valence-electron chi connectivity index (χ0n) is 17.9. The van der Waals surface area contributed by atoms with Gasteiger partial charge in [0, 0.05) is 16.8 Å². The third kappa shape index (κ3) is 4.53. The largest absolute Gasteiger partial charge is 0.497 e. The summed E-state index contributed by atoms with van der Waals surface area (Å²) < 4.78 is 38.5. The third-order valence-electron chi connectivity index (χ3n) is 5.11. The van der Waals surface area contributed by atoms with Crippen LogP contribution >= 0.6 is 12.4 Å². The van der Waals surface area contributed by atoms with Crippen LogP contribution in [0.2, 0.25) is 0 Å². The van der Waals surface area contributed by atoms with E-state index in [0.717, 1.165) is 24.9 Å². The summed E-state index contributed by atoms with van der Waals surface area (Å²) in [5, 5.41) is 12.2. The lowest BCUT2D eigenvalue weighted by Gasteiger charge is -2.10. The molecule has 7 nitrogen and oxygen atoms in total. The molecule has 0 saturated carbocycles. The molecule has 0 aliphatic rings. The van der Waals surface area contributed by atoms with Crippen LogP contribution in [-0.4, -0.2) is 45.4 Å². The van der Waals surface area contributed by atoms with Gasteiger partial charge in [-0.2, -0.15) is 5.10 Å². The van der Waals surface area contributed by atoms with Crippen molar-refractivity contribution in [2.45, 2.75) is 23.3 Å². The number of benzene rings is 3. The Morgan fingerprint density at radius 1 is 1.06 bits per heavy atom. The molecule has 0 radical (unpaired) electrons. The first-order valence-corrected chi connectivity index (χ1v) is 11.7. The fraction of sp³-hybridized carbons (Fsp3) is 0.261. The normalized spacial score (nSPS) is 11.4.